The van der Waals surface area contributed by atoms with E-state index in [1.54, 1.807) is 13.8 Å². The first-order valence-electron chi connectivity index (χ1n) is 7.21. The molecule has 2 N–H and O–H groups in total. The molecule has 2 rings (SSSR count). The van der Waals surface area contributed by atoms with Crippen LogP contribution in [-0.2, 0) is 4.74 Å². The fourth-order valence-electron chi connectivity index (χ4n) is 2.80. The summed E-state index contributed by atoms with van der Waals surface area (Å²) in [6, 6.07) is 0.193. The Hall–Kier alpha value is -1.82. The van der Waals surface area contributed by atoms with Crippen molar-refractivity contribution in [3.8, 4) is 0 Å². The lowest BCUT2D eigenvalue weighted by atomic mass is 10.0. The minimum Gasteiger partial charge on any atom is -0.465 e. The Labute approximate surface area is 124 Å². The molecule has 1 saturated heterocycles. The van der Waals surface area contributed by atoms with Gasteiger partial charge in [-0.1, -0.05) is 0 Å². The number of aryl methyl sites for hydroxylation is 1. The Morgan fingerprint density at radius 1 is 1.29 bits per heavy atom. The van der Waals surface area contributed by atoms with Crippen LogP contribution in [0.3, 0.4) is 0 Å². The Balaban J connectivity index is 2.11. The quantitative estimate of drug-likeness (QED) is 0.822. The summed E-state index contributed by atoms with van der Waals surface area (Å²) in [5.74, 6) is -0.570. The van der Waals surface area contributed by atoms with E-state index in [0.717, 1.165) is 25.9 Å². The summed E-state index contributed by atoms with van der Waals surface area (Å²) in [5.41, 5.74) is 2.20. The van der Waals surface area contributed by atoms with Gasteiger partial charge in [-0.15, -0.1) is 0 Å². The lowest BCUT2D eigenvalue weighted by Crippen LogP contribution is -2.43. The molecule has 21 heavy (non-hydrogen) atoms. The Kier molecular flexibility index (Phi) is 4.67. The van der Waals surface area contributed by atoms with Crippen molar-refractivity contribution in [2.24, 2.45) is 0 Å². The van der Waals surface area contributed by atoms with Gasteiger partial charge in [0.1, 0.15) is 5.69 Å². The third-order valence-corrected chi connectivity index (χ3v) is 4.11. The summed E-state index contributed by atoms with van der Waals surface area (Å²) in [4.78, 5) is 29.4. The minimum absolute atomic E-state index is 0.152. The zero-order valence-electron chi connectivity index (χ0n) is 13.1. The normalized spacial score (nSPS) is 16.8. The van der Waals surface area contributed by atoms with Gasteiger partial charge < -0.3 is 19.9 Å². The number of hydrogen-bond acceptors (Lipinski definition) is 4. The standard InChI is InChI=1S/C15H23N3O3/c1-9-12(15(20)21-4)10(2)16-13(9)14(19)17-11-5-7-18(3)8-6-11/h11,16H,5-8H2,1-4H3,(H,17,19). The van der Waals surface area contributed by atoms with E-state index in [0.29, 0.717) is 22.5 Å². The number of nitrogens with zero attached hydrogens (tertiary/aromatic N) is 1. The van der Waals surface area contributed by atoms with E-state index in [1.807, 2.05) is 0 Å². The summed E-state index contributed by atoms with van der Waals surface area (Å²) in [5, 5.41) is 3.05. The Morgan fingerprint density at radius 2 is 1.90 bits per heavy atom. The first kappa shape index (κ1) is 15.6. The van der Waals surface area contributed by atoms with Crippen LogP contribution in [0.2, 0.25) is 0 Å². The molecule has 0 bridgehead atoms. The molecule has 1 aromatic heterocycles. The summed E-state index contributed by atoms with van der Waals surface area (Å²) in [7, 11) is 3.42. The monoisotopic (exact) mass is 293 g/mol. The number of H-pyrrole nitrogens is 1. The molecule has 0 aliphatic carbocycles. The highest BCUT2D eigenvalue weighted by molar-refractivity contribution is 6.00. The predicted octanol–water partition coefficient (Wildman–Crippen LogP) is 1.24. The van der Waals surface area contributed by atoms with Crippen molar-refractivity contribution in [2.45, 2.75) is 32.7 Å². The van der Waals surface area contributed by atoms with Crippen LogP contribution in [0.1, 0.15) is 44.9 Å². The number of nitrogens with one attached hydrogen (secondary N) is 2. The van der Waals surface area contributed by atoms with Crippen LogP contribution >= 0.6 is 0 Å². The van der Waals surface area contributed by atoms with Gasteiger partial charge in [0.15, 0.2) is 0 Å². The zero-order valence-corrected chi connectivity index (χ0v) is 13.1. The number of carbonyl (C=O) groups is 2. The second kappa shape index (κ2) is 6.30. The highest BCUT2D eigenvalue weighted by atomic mass is 16.5. The largest absolute Gasteiger partial charge is 0.465 e. The number of esters is 1. The van der Waals surface area contributed by atoms with Gasteiger partial charge in [-0.2, -0.15) is 0 Å². The van der Waals surface area contributed by atoms with Crippen LogP contribution < -0.4 is 5.32 Å². The summed E-state index contributed by atoms with van der Waals surface area (Å²) in [6.07, 6.45) is 1.90. The van der Waals surface area contributed by atoms with E-state index in [-0.39, 0.29) is 11.9 Å². The zero-order chi connectivity index (χ0) is 15.6. The Bertz CT molecular complexity index is 543. The minimum atomic E-state index is -0.417. The van der Waals surface area contributed by atoms with E-state index in [9.17, 15) is 9.59 Å². The molecule has 0 radical (unpaired) electrons. The van der Waals surface area contributed by atoms with Crippen molar-refractivity contribution in [3.05, 3.63) is 22.5 Å². The number of aromatic amines is 1. The first-order valence-corrected chi connectivity index (χ1v) is 7.21. The smallest absolute Gasteiger partial charge is 0.339 e. The molecule has 1 aliphatic rings. The van der Waals surface area contributed by atoms with E-state index in [4.69, 9.17) is 4.74 Å². The molecule has 2 heterocycles. The predicted molar refractivity (Wildman–Crippen MR) is 79.6 cm³/mol. The number of methoxy groups -OCH3 is 1. The van der Waals surface area contributed by atoms with Gasteiger partial charge in [-0.3, -0.25) is 4.79 Å². The van der Waals surface area contributed by atoms with Gasteiger partial charge in [0.2, 0.25) is 0 Å². The molecule has 1 aromatic rings. The first-order chi connectivity index (χ1) is 9.93. The van der Waals surface area contributed by atoms with Crippen LogP contribution in [-0.4, -0.2) is 55.0 Å². The maximum absolute atomic E-state index is 12.4. The number of piperidine rings is 1. The summed E-state index contributed by atoms with van der Waals surface area (Å²) < 4.78 is 4.76. The third kappa shape index (κ3) is 3.26. The van der Waals surface area contributed by atoms with Crippen molar-refractivity contribution in [2.75, 3.05) is 27.2 Å². The lowest BCUT2D eigenvalue weighted by molar-refractivity contribution is 0.0599. The number of aromatic nitrogens is 1. The van der Waals surface area contributed by atoms with Gasteiger partial charge in [-0.25, -0.2) is 4.79 Å². The molecule has 0 aromatic carbocycles. The molecule has 6 nitrogen and oxygen atoms in total. The molecule has 1 amide bonds. The number of amides is 1. The maximum atomic E-state index is 12.4. The summed E-state index contributed by atoms with van der Waals surface area (Å²) in [6.45, 7) is 5.51. The van der Waals surface area contributed by atoms with Gasteiger partial charge in [0.05, 0.1) is 12.7 Å². The van der Waals surface area contributed by atoms with Crippen LogP contribution in [0.5, 0.6) is 0 Å². The average Bonchev–Trinajstić information content (AvgIpc) is 2.76. The van der Waals surface area contributed by atoms with Crippen LogP contribution in [0.25, 0.3) is 0 Å². The average molecular weight is 293 g/mol. The molecule has 0 unspecified atom stereocenters. The van der Waals surface area contributed by atoms with E-state index >= 15 is 0 Å². The molecule has 116 valence electrons. The SMILES string of the molecule is COC(=O)c1c(C)[nH]c(C(=O)NC2CCN(C)CC2)c1C. The van der Waals surface area contributed by atoms with Crippen molar-refractivity contribution < 1.29 is 14.3 Å². The summed E-state index contributed by atoms with van der Waals surface area (Å²) >= 11 is 0. The fourth-order valence-corrected chi connectivity index (χ4v) is 2.80. The van der Waals surface area contributed by atoms with Crippen molar-refractivity contribution in [3.63, 3.8) is 0 Å². The number of ether oxygens (including phenoxy) is 1. The molecule has 0 spiro atoms. The molecular weight excluding hydrogens is 270 g/mol. The van der Waals surface area contributed by atoms with Crippen LogP contribution in [0.4, 0.5) is 0 Å². The third-order valence-electron chi connectivity index (χ3n) is 4.11. The van der Waals surface area contributed by atoms with E-state index in [2.05, 4.69) is 22.2 Å². The number of likely N-dealkylation sites (tertiary alicyclic amines) is 1. The van der Waals surface area contributed by atoms with E-state index in [1.165, 1.54) is 7.11 Å². The van der Waals surface area contributed by atoms with Crippen molar-refractivity contribution in [1.82, 2.24) is 15.2 Å². The topological polar surface area (TPSA) is 74.4 Å². The van der Waals surface area contributed by atoms with Gasteiger partial charge in [0.25, 0.3) is 5.91 Å². The maximum Gasteiger partial charge on any atom is 0.339 e. The van der Waals surface area contributed by atoms with Gasteiger partial charge in [-0.05, 0) is 52.4 Å². The molecule has 0 saturated carbocycles. The van der Waals surface area contributed by atoms with Crippen LogP contribution in [0, 0.1) is 13.8 Å². The Morgan fingerprint density at radius 3 is 2.48 bits per heavy atom. The van der Waals surface area contributed by atoms with E-state index < -0.39 is 5.97 Å². The second-order valence-electron chi connectivity index (χ2n) is 5.67. The molecule has 0 atom stereocenters. The number of carbonyl (C=O) groups excluding carboxylic acids is 2. The molecular formula is C15H23N3O3. The van der Waals surface area contributed by atoms with Gasteiger partial charge in [0, 0.05) is 11.7 Å². The number of rotatable bonds is 3. The van der Waals surface area contributed by atoms with Crippen molar-refractivity contribution in [1.29, 1.82) is 0 Å². The molecule has 1 aliphatic heterocycles. The van der Waals surface area contributed by atoms with Crippen molar-refractivity contribution >= 4 is 11.9 Å². The second-order valence-corrected chi connectivity index (χ2v) is 5.67. The fraction of sp³-hybridized carbons (Fsp3) is 0.600. The number of hydrogen-bond donors (Lipinski definition) is 2. The van der Waals surface area contributed by atoms with Gasteiger partial charge >= 0.3 is 5.97 Å². The molecule has 1 fully saturated rings. The highest BCUT2D eigenvalue weighted by Gasteiger charge is 2.25. The lowest BCUT2D eigenvalue weighted by Gasteiger charge is -2.29. The highest BCUT2D eigenvalue weighted by Crippen LogP contribution is 2.19. The van der Waals surface area contributed by atoms with Crippen LogP contribution in [0.15, 0.2) is 0 Å². The molecule has 6 heteroatoms.